The van der Waals surface area contributed by atoms with E-state index in [-0.39, 0.29) is 4.31 Å². The predicted octanol–water partition coefficient (Wildman–Crippen LogP) is 1.39. The van der Waals surface area contributed by atoms with E-state index in [2.05, 4.69) is 10.0 Å². The number of nitrogens with zero attached hydrogens (tertiary/aromatic N) is 4. The highest BCUT2D eigenvalue weighted by Crippen LogP contribution is 2.28. The average molecular weight is 294 g/mol. The van der Waals surface area contributed by atoms with E-state index < -0.39 is 28.3 Å². The molecule has 1 N–H and O–H groups in total. The minimum Gasteiger partial charge on any atom is -0.273 e. The van der Waals surface area contributed by atoms with E-state index in [1.165, 1.54) is 6.08 Å². The molecule has 0 saturated carbocycles. The number of hydrogen-bond donors (Lipinski definition) is 1. The van der Waals surface area contributed by atoms with Crippen LogP contribution in [-0.4, -0.2) is 35.3 Å². The predicted molar refractivity (Wildman–Crippen MR) is 70.6 cm³/mol. The van der Waals surface area contributed by atoms with Crippen LogP contribution in [0.2, 0.25) is 0 Å². The van der Waals surface area contributed by atoms with Crippen molar-refractivity contribution in [3.63, 3.8) is 0 Å². The minimum atomic E-state index is -4.67. The van der Waals surface area contributed by atoms with Gasteiger partial charge in [-0.2, -0.15) is 8.42 Å². The van der Waals surface area contributed by atoms with E-state index in [0.29, 0.717) is 0 Å². The molecule has 1 heterocycles. The lowest BCUT2D eigenvalue weighted by Gasteiger charge is -2.40. The van der Waals surface area contributed by atoms with Crippen LogP contribution in [0.5, 0.6) is 0 Å². The van der Waals surface area contributed by atoms with Crippen molar-refractivity contribution in [1.82, 2.24) is 4.31 Å². The van der Waals surface area contributed by atoms with Crippen LogP contribution in [0.15, 0.2) is 41.5 Å². The summed E-state index contributed by atoms with van der Waals surface area (Å²) in [7, 11) is -4.67. The van der Waals surface area contributed by atoms with Crippen molar-refractivity contribution in [2.24, 2.45) is 5.11 Å². The molecule has 9 heteroatoms. The summed E-state index contributed by atoms with van der Waals surface area (Å²) in [5, 5.41) is 3.23. The first-order valence-electron chi connectivity index (χ1n) is 5.53. The number of carbonyl (C=O) groups is 1. The summed E-state index contributed by atoms with van der Waals surface area (Å²) in [5.41, 5.74) is 9.14. The average Bonchev–Trinajstić information content (AvgIpc) is 2.40. The fraction of sp³-hybridized carbons (Fsp3) is 0.182. The van der Waals surface area contributed by atoms with Gasteiger partial charge in [0.1, 0.15) is 6.04 Å². The van der Waals surface area contributed by atoms with E-state index >= 15 is 0 Å². The lowest BCUT2D eigenvalue weighted by Crippen LogP contribution is -2.64. The van der Waals surface area contributed by atoms with Crippen LogP contribution in [0.4, 0.5) is 0 Å². The van der Waals surface area contributed by atoms with E-state index in [4.69, 9.17) is 10.1 Å². The Morgan fingerprint density at radius 2 is 2.00 bits per heavy atom. The maximum absolute atomic E-state index is 11.5. The molecule has 0 radical (unpaired) electrons. The summed E-state index contributed by atoms with van der Waals surface area (Å²) in [5.74, 6) is -0.951. The van der Waals surface area contributed by atoms with Crippen molar-refractivity contribution >= 4 is 22.3 Å². The van der Waals surface area contributed by atoms with Gasteiger partial charge in [0.25, 0.3) is 0 Å². The second-order valence-corrected chi connectivity index (χ2v) is 5.31. The Kier molecular flexibility index (Phi) is 3.75. The molecule has 1 fully saturated rings. The van der Waals surface area contributed by atoms with E-state index in [1.807, 2.05) is 6.07 Å². The van der Waals surface area contributed by atoms with Gasteiger partial charge in [0.15, 0.2) is 0 Å². The highest BCUT2D eigenvalue weighted by Gasteiger charge is 2.51. The van der Waals surface area contributed by atoms with E-state index in [0.717, 1.165) is 5.56 Å². The maximum atomic E-state index is 11.5. The van der Waals surface area contributed by atoms with Crippen LogP contribution in [0.1, 0.15) is 5.56 Å². The van der Waals surface area contributed by atoms with Crippen LogP contribution in [0.3, 0.4) is 0 Å². The molecular formula is C11H10N4O4S. The minimum absolute atomic E-state index is 0.284. The maximum Gasteiger partial charge on any atom is 0.362 e. The van der Waals surface area contributed by atoms with Gasteiger partial charge in [0.2, 0.25) is 5.91 Å². The molecule has 0 spiro atoms. The molecule has 1 amide bonds. The molecule has 2 rings (SSSR count). The van der Waals surface area contributed by atoms with Crippen molar-refractivity contribution < 1.29 is 17.8 Å². The first kappa shape index (κ1) is 14.1. The lowest BCUT2D eigenvalue weighted by molar-refractivity contribution is -0.138. The number of β-lactam (4-membered cyclic amide) rings is 1. The molecular weight excluding hydrogens is 284 g/mol. The molecule has 2 unspecified atom stereocenters. The zero-order valence-electron chi connectivity index (χ0n) is 10.1. The van der Waals surface area contributed by atoms with Gasteiger partial charge in [-0.25, -0.2) is 4.31 Å². The largest absolute Gasteiger partial charge is 0.362 e. The van der Waals surface area contributed by atoms with Gasteiger partial charge in [-0.15, -0.1) is 0 Å². The second kappa shape index (κ2) is 5.33. The molecule has 1 aliphatic rings. The van der Waals surface area contributed by atoms with Crippen LogP contribution in [0, 0.1) is 0 Å². The Hall–Kier alpha value is -2.35. The number of hydrogen-bond acceptors (Lipinski definition) is 4. The number of amides is 1. The Balaban J connectivity index is 2.28. The molecule has 1 aliphatic heterocycles. The summed E-state index contributed by atoms with van der Waals surface area (Å²) in [6.07, 6.45) is 2.97. The first-order chi connectivity index (χ1) is 9.45. The fourth-order valence-corrected chi connectivity index (χ4v) is 2.70. The highest BCUT2D eigenvalue weighted by atomic mass is 32.2. The van der Waals surface area contributed by atoms with E-state index in [1.54, 1.807) is 30.3 Å². The topological polar surface area (TPSA) is 123 Å². The van der Waals surface area contributed by atoms with Crippen molar-refractivity contribution in [3.8, 4) is 0 Å². The Morgan fingerprint density at radius 3 is 2.55 bits per heavy atom. The lowest BCUT2D eigenvalue weighted by atomic mass is 9.98. The van der Waals surface area contributed by atoms with Gasteiger partial charge in [0, 0.05) is 4.91 Å². The SMILES string of the molecule is [N-]=[N+]=NC1C(=O)N(S(=O)(=O)O)C1C=Cc1ccccc1. The first-order valence-corrected chi connectivity index (χ1v) is 6.93. The molecule has 1 aromatic carbocycles. The molecule has 20 heavy (non-hydrogen) atoms. The third-order valence-corrected chi connectivity index (χ3v) is 3.70. The summed E-state index contributed by atoms with van der Waals surface area (Å²) in [4.78, 5) is 14.0. The van der Waals surface area contributed by atoms with Crippen LogP contribution >= 0.6 is 0 Å². The number of rotatable bonds is 4. The summed E-state index contributed by atoms with van der Waals surface area (Å²) in [6, 6.07) is 6.76. The zero-order chi connectivity index (χ0) is 14.8. The van der Waals surface area contributed by atoms with Crippen LogP contribution in [-0.2, 0) is 15.1 Å². The van der Waals surface area contributed by atoms with Gasteiger partial charge in [-0.3, -0.25) is 9.35 Å². The standard InChI is InChI=1S/C11H10N4O4S/c12-14-13-10-9(15(11(10)16)20(17,18)19)7-6-8-4-2-1-3-5-8/h1-7,9-10H,(H,17,18,19). The molecule has 0 aliphatic carbocycles. The molecule has 104 valence electrons. The van der Waals surface area contributed by atoms with Crippen molar-refractivity contribution in [2.45, 2.75) is 12.1 Å². The van der Waals surface area contributed by atoms with Gasteiger partial charge in [-0.05, 0) is 11.1 Å². The zero-order valence-corrected chi connectivity index (χ0v) is 10.9. The molecule has 1 aromatic rings. The molecule has 0 aromatic heterocycles. The third kappa shape index (κ3) is 2.64. The van der Waals surface area contributed by atoms with Gasteiger partial charge in [0.05, 0.1) is 6.04 Å². The summed E-state index contributed by atoms with van der Waals surface area (Å²) < 4.78 is 31.4. The van der Waals surface area contributed by atoms with Crippen LogP contribution in [0.25, 0.3) is 16.5 Å². The van der Waals surface area contributed by atoms with Gasteiger partial charge < -0.3 is 0 Å². The quantitative estimate of drug-likeness (QED) is 0.296. The van der Waals surface area contributed by atoms with Gasteiger partial charge >= 0.3 is 10.3 Å². The Bertz CT molecular complexity index is 694. The summed E-state index contributed by atoms with van der Waals surface area (Å²) >= 11 is 0. The Labute approximate surface area is 114 Å². The highest BCUT2D eigenvalue weighted by molar-refractivity contribution is 7.84. The van der Waals surface area contributed by atoms with Crippen LogP contribution < -0.4 is 0 Å². The third-order valence-electron chi connectivity index (χ3n) is 2.77. The number of benzene rings is 1. The monoisotopic (exact) mass is 294 g/mol. The van der Waals surface area contributed by atoms with E-state index in [9.17, 15) is 13.2 Å². The smallest absolute Gasteiger partial charge is 0.273 e. The number of carbonyl (C=O) groups excluding carboxylic acids is 1. The molecule has 1 saturated heterocycles. The normalized spacial score (nSPS) is 22.4. The fourth-order valence-electron chi connectivity index (χ4n) is 1.87. The molecule has 8 nitrogen and oxygen atoms in total. The van der Waals surface area contributed by atoms with Crippen molar-refractivity contribution in [1.29, 1.82) is 0 Å². The Morgan fingerprint density at radius 1 is 1.35 bits per heavy atom. The summed E-state index contributed by atoms with van der Waals surface area (Å²) in [6.45, 7) is 0. The van der Waals surface area contributed by atoms with Gasteiger partial charge in [-0.1, -0.05) is 47.6 Å². The number of azide groups is 1. The molecule has 2 atom stereocenters. The van der Waals surface area contributed by atoms with Crippen molar-refractivity contribution in [3.05, 3.63) is 52.4 Å². The van der Waals surface area contributed by atoms with Crippen molar-refractivity contribution in [2.75, 3.05) is 0 Å². The second-order valence-electron chi connectivity index (χ2n) is 4.02. The molecule has 0 bridgehead atoms.